The molecule has 0 bridgehead atoms. The second-order valence-corrected chi connectivity index (χ2v) is 3.86. The van der Waals surface area contributed by atoms with Crippen LogP contribution in [0.4, 0.5) is 0 Å². The molecule has 82 valence electrons. The Labute approximate surface area is 97.0 Å². The average molecular weight is 223 g/mol. The van der Waals surface area contributed by atoms with Crippen LogP contribution in [0.5, 0.6) is 5.75 Å². The topological polar surface area (TPSA) is 50.2 Å². The smallest absolute Gasteiger partial charge is 0.278 e. The van der Waals surface area contributed by atoms with Crippen molar-refractivity contribution in [3.05, 3.63) is 58.9 Å². The minimum Gasteiger partial charge on any atom is -0.507 e. The first-order valence-electron chi connectivity index (χ1n) is 5.27. The Balaban J connectivity index is 2.67. The quantitative estimate of drug-likeness (QED) is 0.636. The van der Waals surface area contributed by atoms with Crippen LogP contribution < -0.4 is 5.56 Å². The van der Waals surface area contributed by atoms with E-state index in [1.807, 2.05) is 12.1 Å². The summed E-state index contributed by atoms with van der Waals surface area (Å²) < 4.78 is 0. The van der Waals surface area contributed by atoms with Crippen molar-refractivity contribution in [1.29, 1.82) is 0 Å². The van der Waals surface area contributed by atoms with Gasteiger partial charge in [-0.1, -0.05) is 24.3 Å². The van der Waals surface area contributed by atoms with Crippen molar-refractivity contribution in [3.63, 3.8) is 0 Å². The van der Waals surface area contributed by atoms with Gasteiger partial charge in [-0.25, -0.2) is 4.98 Å². The van der Waals surface area contributed by atoms with E-state index in [0.29, 0.717) is 16.3 Å². The van der Waals surface area contributed by atoms with Gasteiger partial charge in [-0.2, -0.15) is 0 Å². The maximum absolute atomic E-state index is 11.9. The third-order valence-electron chi connectivity index (χ3n) is 2.77. The van der Waals surface area contributed by atoms with Crippen LogP contribution in [0.15, 0.2) is 53.3 Å². The molecule has 1 aromatic heterocycles. The van der Waals surface area contributed by atoms with Gasteiger partial charge < -0.3 is 5.11 Å². The molecule has 0 unspecified atom stereocenters. The van der Waals surface area contributed by atoms with Crippen molar-refractivity contribution in [1.82, 2.24) is 4.98 Å². The molecule has 0 saturated heterocycles. The first-order chi connectivity index (χ1) is 8.25. The van der Waals surface area contributed by atoms with Crippen molar-refractivity contribution >= 4 is 21.7 Å². The van der Waals surface area contributed by atoms with Crippen molar-refractivity contribution < 1.29 is 5.11 Å². The molecule has 0 saturated carbocycles. The summed E-state index contributed by atoms with van der Waals surface area (Å²) >= 11 is 0. The molecule has 0 aliphatic heterocycles. The van der Waals surface area contributed by atoms with Crippen LogP contribution in [0.2, 0.25) is 0 Å². The van der Waals surface area contributed by atoms with Crippen LogP contribution in [0, 0.1) is 0 Å². The minimum atomic E-state index is -0.277. The SMILES string of the molecule is O=c1nc2cccc(O)c2cc2ccccc12. The summed E-state index contributed by atoms with van der Waals surface area (Å²) in [6, 6.07) is 14.0. The van der Waals surface area contributed by atoms with Crippen LogP contribution >= 0.6 is 0 Å². The minimum absolute atomic E-state index is 0.135. The molecular formula is C14H9NO2. The zero-order valence-corrected chi connectivity index (χ0v) is 8.92. The molecule has 1 N–H and O–H groups in total. The van der Waals surface area contributed by atoms with E-state index in [4.69, 9.17) is 0 Å². The lowest BCUT2D eigenvalue weighted by atomic mass is 10.1. The number of phenols is 1. The number of aromatic hydroxyl groups is 1. The third-order valence-corrected chi connectivity index (χ3v) is 2.77. The van der Waals surface area contributed by atoms with E-state index in [-0.39, 0.29) is 11.3 Å². The summed E-state index contributed by atoms with van der Waals surface area (Å²) in [6.45, 7) is 0. The second-order valence-electron chi connectivity index (χ2n) is 3.86. The predicted octanol–water partition coefficient (Wildman–Crippen LogP) is 2.45. The maximum Gasteiger partial charge on any atom is 0.278 e. The van der Waals surface area contributed by atoms with Gasteiger partial charge in [0.1, 0.15) is 5.75 Å². The summed E-state index contributed by atoms with van der Waals surface area (Å²) in [5.41, 5.74) is 0.229. The van der Waals surface area contributed by atoms with Crippen LogP contribution in [0.3, 0.4) is 0 Å². The zero-order chi connectivity index (χ0) is 11.8. The van der Waals surface area contributed by atoms with Gasteiger partial charge in [0, 0.05) is 10.8 Å². The predicted molar refractivity (Wildman–Crippen MR) is 67.2 cm³/mol. The Kier molecular flexibility index (Phi) is 2.05. The van der Waals surface area contributed by atoms with Gasteiger partial charge in [-0.3, -0.25) is 4.79 Å². The number of aromatic nitrogens is 1. The van der Waals surface area contributed by atoms with Gasteiger partial charge in [-0.15, -0.1) is 0 Å². The van der Waals surface area contributed by atoms with Gasteiger partial charge in [-0.05, 0) is 29.7 Å². The summed E-state index contributed by atoms with van der Waals surface area (Å²) in [4.78, 5) is 15.9. The first kappa shape index (κ1) is 9.78. The Morgan fingerprint density at radius 3 is 2.65 bits per heavy atom. The Hall–Kier alpha value is -2.42. The number of benzene rings is 2. The molecule has 1 heterocycles. The molecule has 3 aromatic rings. The number of hydrogen-bond acceptors (Lipinski definition) is 3. The van der Waals surface area contributed by atoms with Crippen molar-refractivity contribution in [2.75, 3.05) is 0 Å². The average Bonchev–Trinajstić information content (AvgIpc) is 2.47. The highest BCUT2D eigenvalue weighted by molar-refractivity contribution is 5.93. The largest absolute Gasteiger partial charge is 0.507 e. The number of nitrogens with zero attached hydrogens (tertiary/aromatic N) is 1. The molecule has 0 radical (unpaired) electrons. The van der Waals surface area contributed by atoms with Crippen molar-refractivity contribution in [3.8, 4) is 5.75 Å². The molecule has 3 rings (SSSR count). The van der Waals surface area contributed by atoms with Gasteiger partial charge in [0.15, 0.2) is 0 Å². The molecule has 0 fully saturated rings. The highest BCUT2D eigenvalue weighted by Gasteiger charge is 2.03. The fourth-order valence-electron chi connectivity index (χ4n) is 1.93. The molecule has 0 atom stereocenters. The lowest BCUT2D eigenvalue weighted by Gasteiger charge is -1.94. The standard InChI is InChI=1S/C14H9NO2/c16-13-7-3-6-12-11(13)8-9-4-1-2-5-10(9)14(17)15-12/h1-8,16H. The molecule has 2 aromatic carbocycles. The maximum atomic E-state index is 11.9. The number of fused-ring (bicyclic) bond motifs is 2. The van der Waals surface area contributed by atoms with Crippen LogP contribution in [-0.4, -0.2) is 10.1 Å². The number of phenolic OH excluding ortho intramolecular Hbond substituents is 1. The Bertz CT molecular complexity index is 781. The van der Waals surface area contributed by atoms with Crippen LogP contribution in [0.1, 0.15) is 0 Å². The van der Waals surface area contributed by atoms with E-state index in [1.165, 1.54) is 0 Å². The summed E-state index contributed by atoms with van der Waals surface area (Å²) in [6.07, 6.45) is 0. The van der Waals surface area contributed by atoms with E-state index < -0.39 is 0 Å². The zero-order valence-electron chi connectivity index (χ0n) is 8.92. The second kappa shape index (κ2) is 3.56. The third kappa shape index (κ3) is 1.52. The van der Waals surface area contributed by atoms with Gasteiger partial charge in [0.05, 0.1) is 5.52 Å². The Morgan fingerprint density at radius 1 is 0.941 bits per heavy atom. The molecule has 0 spiro atoms. The summed E-state index contributed by atoms with van der Waals surface area (Å²) in [7, 11) is 0. The van der Waals surface area contributed by atoms with Gasteiger partial charge >= 0.3 is 0 Å². The lowest BCUT2D eigenvalue weighted by molar-refractivity contribution is 0.481. The van der Waals surface area contributed by atoms with Crippen LogP contribution in [-0.2, 0) is 0 Å². The van der Waals surface area contributed by atoms with Crippen molar-refractivity contribution in [2.45, 2.75) is 0 Å². The highest BCUT2D eigenvalue weighted by atomic mass is 16.3. The number of hydrogen-bond donors (Lipinski definition) is 1. The molecule has 0 aliphatic carbocycles. The van der Waals surface area contributed by atoms with E-state index >= 15 is 0 Å². The van der Waals surface area contributed by atoms with Gasteiger partial charge in [0.2, 0.25) is 0 Å². The monoisotopic (exact) mass is 223 g/mol. The first-order valence-corrected chi connectivity index (χ1v) is 5.27. The Morgan fingerprint density at radius 2 is 1.76 bits per heavy atom. The molecule has 0 amide bonds. The molecule has 3 nitrogen and oxygen atoms in total. The molecule has 3 heteroatoms. The summed E-state index contributed by atoms with van der Waals surface area (Å²) in [5.74, 6) is 0.135. The molecular weight excluding hydrogens is 214 g/mol. The fourth-order valence-corrected chi connectivity index (χ4v) is 1.93. The van der Waals surface area contributed by atoms with E-state index in [2.05, 4.69) is 4.98 Å². The number of rotatable bonds is 0. The van der Waals surface area contributed by atoms with E-state index in [9.17, 15) is 9.90 Å². The van der Waals surface area contributed by atoms with Crippen molar-refractivity contribution in [2.24, 2.45) is 0 Å². The van der Waals surface area contributed by atoms with Gasteiger partial charge in [0.25, 0.3) is 5.56 Å². The fraction of sp³-hybridized carbons (Fsp3) is 0. The normalized spacial score (nSPS) is 10.8. The summed E-state index contributed by atoms with van der Waals surface area (Å²) in [5, 5.41) is 11.7. The molecule has 17 heavy (non-hydrogen) atoms. The van der Waals surface area contributed by atoms with E-state index in [0.717, 1.165) is 5.39 Å². The van der Waals surface area contributed by atoms with Crippen LogP contribution in [0.25, 0.3) is 21.7 Å². The molecule has 0 aliphatic rings. The lowest BCUT2D eigenvalue weighted by Crippen LogP contribution is -2.01. The van der Waals surface area contributed by atoms with E-state index in [1.54, 1.807) is 36.4 Å². The highest BCUT2D eigenvalue weighted by Crippen LogP contribution is 2.23.